The minimum atomic E-state index is 0.746. The first kappa shape index (κ1) is 18.7. The van der Waals surface area contributed by atoms with Crippen molar-refractivity contribution in [2.24, 2.45) is 0 Å². The number of anilines is 2. The SMILES string of the molecule is Cc1nc2c3ccccc3nc(NCCCN3CCN(c4ncccn4)CC3)n2n1. The number of benzene rings is 1. The molecule has 0 saturated carbocycles. The highest BCUT2D eigenvalue weighted by Crippen LogP contribution is 2.20. The van der Waals surface area contributed by atoms with Crippen LogP contribution in [0.5, 0.6) is 0 Å². The quantitative estimate of drug-likeness (QED) is 0.489. The highest BCUT2D eigenvalue weighted by molar-refractivity contribution is 5.92. The van der Waals surface area contributed by atoms with Crippen LogP contribution in [0.4, 0.5) is 11.9 Å². The van der Waals surface area contributed by atoms with E-state index < -0.39 is 0 Å². The van der Waals surface area contributed by atoms with E-state index in [4.69, 9.17) is 4.98 Å². The summed E-state index contributed by atoms with van der Waals surface area (Å²) in [7, 11) is 0. The van der Waals surface area contributed by atoms with Gasteiger partial charge in [0.05, 0.1) is 5.52 Å². The van der Waals surface area contributed by atoms with Crippen LogP contribution in [0.1, 0.15) is 12.2 Å². The van der Waals surface area contributed by atoms with Gasteiger partial charge in [-0.25, -0.2) is 19.9 Å². The Morgan fingerprint density at radius 2 is 1.77 bits per heavy atom. The number of aromatic nitrogens is 6. The molecule has 4 heterocycles. The predicted octanol–water partition coefficient (Wildman–Crippen LogP) is 2.00. The summed E-state index contributed by atoms with van der Waals surface area (Å²) >= 11 is 0. The Morgan fingerprint density at radius 1 is 0.967 bits per heavy atom. The number of hydrogen-bond donors (Lipinski definition) is 1. The predicted molar refractivity (Wildman–Crippen MR) is 117 cm³/mol. The number of rotatable bonds is 6. The average molecular weight is 403 g/mol. The van der Waals surface area contributed by atoms with Crippen LogP contribution in [0.15, 0.2) is 42.7 Å². The topological polar surface area (TPSA) is 87.4 Å². The maximum absolute atomic E-state index is 4.76. The van der Waals surface area contributed by atoms with Crippen molar-refractivity contribution in [1.82, 2.24) is 34.4 Å². The number of nitrogens with zero attached hydrogens (tertiary/aromatic N) is 8. The van der Waals surface area contributed by atoms with E-state index >= 15 is 0 Å². The fourth-order valence-corrected chi connectivity index (χ4v) is 3.90. The van der Waals surface area contributed by atoms with Crippen molar-refractivity contribution in [2.45, 2.75) is 13.3 Å². The van der Waals surface area contributed by atoms with E-state index in [0.717, 1.165) is 80.0 Å². The van der Waals surface area contributed by atoms with Gasteiger partial charge in [-0.05, 0) is 38.1 Å². The highest BCUT2D eigenvalue weighted by Gasteiger charge is 2.18. The van der Waals surface area contributed by atoms with Crippen molar-refractivity contribution in [1.29, 1.82) is 0 Å². The van der Waals surface area contributed by atoms with Crippen molar-refractivity contribution < 1.29 is 0 Å². The standard InChI is InChI=1S/C21H25N9/c1-16-25-19-17-6-2-3-7-18(17)26-21(30(19)27-16)24-10-5-11-28-12-14-29(15-13-28)20-22-8-4-9-23-20/h2-4,6-9H,5,10-15H2,1H3,(H,24,26). The summed E-state index contributed by atoms with van der Waals surface area (Å²) in [5, 5.41) is 9.00. The maximum atomic E-state index is 4.76. The molecule has 1 aliphatic heterocycles. The molecule has 1 aliphatic rings. The van der Waals surface area contributed by atoms with Crippen molar-refractivity contribution in [3.05, 3.63) is 48.5 Å². The second kappa shape index (κ2) is 8.19. The molecule has 9 nitrogen and oxygen atoms in total. The Labute approximate surface area is 174 Å². The Balaban J connectivity index is 1.17. The first-order valence-corrected chi connectivity index (χ1v) is 10.4. The Bertz CT molecular complexity index is 1130. The van der Waals surface area contributed by atoms with Gasteiger partial charge in [-0.15, -0.1) is 5.10 Å². The van der Waals surface area contributed by atoms with Crippen molar-refractivity contribution in [3.63, 3.8) is 0 Å². The van der Waals surface area contributed by atoms with Crippen LogP contribution in [0.2, 0.25) is 0 Å². The maximum Gasteiger partial charge on any atom is 0.226 e. The highest BCUT2D eigenvalue weighted by atomic mass is 15.4. The van der Waals surface area contributed by atoms with Gasteiger partial charge in [0.2, 0.25) is 11.9 Å². The molecule has 0 spiro atoms. The summed E-state index contributed by atoms with van der Waals surface area (Å²) in [6.45, 7) is 7.76. The molecule has 1 fully saturated rings. The van der Waals surface area contributed by atoms with Gasteiger partial charge >= 0.3 is 0 Å². The minimum absolute atomic E-state index is 0.746. The molecule has 0 bridgehead atoms. The number of para-hydroxylation sites is 1. The molecule has 1 aromatic carbocycles. The fraction of sp³-hybridized carbons (Fsp3) is 0.381. The van der Waals surface area contributed by atoms with Crippen LogP contribution >= 0.6 is 0 Å². The van der Waals surface area contributed by atoms with Crippen LogP contribution in [0, 0.1) is 6.92 Å². The third-order valence-electron chi connectivity index (χ3n) is 5.43. The molecule has 4 aromatic rings. The molecule has 0 aliphatic carbocycles. The van der Waals surface area contributed by atoms with E-state index in [0.29, 0.717) is 0 Å². The van der Waals surface area contributed by atoms with E-state index in [2.05, 4.69) is 35.2 Å². The first-order chi connectivity index (χ1) is 14.8. The van der Waals surface area contributed by atoms with Crippen LogP contribution in [0.3, 0.4) is 0 Å². The van der Waals surface area contributed by atoms with Gasteiger partial charge in [-0.2, -0.15) is 4.52 Å². The van der Waals surface area contributed by atoms with E-state index in [-0.39, 0.29) is 0 Å². The van der Waals surface area contributed by atoms with Gasteiger partial charge in [0.1, 0.15) is 5.82 Å². The van der Waals surface area contributed by atoms with Crippen molar-refractivity contribution >= 4 is 28.4 Å². The third kappa shape index (κ3) is 3.76. The first-order valence-electron chi connectivity index (χ1n) is 10.4. The molecule has 0 atom stereocenters. The van der Waals surface area contributed by atoms with E-state index in [1.807, 2.05) is 41.8 Å². The zero-order chi connectivity index (χ0) is 20.3. The van der Waals surface area contributed by atoms with E-state index in [1.54, 1.807) is 12.4 Å². The molecule has 154 valence electrons. The minimum Gasteiger partial charge on any atom is -0.354 e. The van der Waals surface area contributed by atoms with Gasteiger partial charge in [0.25, 0.3) is 0 Å². The molecule has 0 radical (unpaired) electrons. The Hall–Kier alpha value is -3.33. The zero-order valence-electron chi connectivity index (χ0n) is 17.1. The number of hydrogen-bond acceptors (Lipinski definition) is 8. The lowest BCUT2D eigenvalue weighted by Crippen LogP contribution is -2.47. The zero-order valence-corrected chi connectivity index (χ0v) is 17.1. The molecule has 1 N–H and O–H groups in total. The monoisotopic (exact) mass is 403 g/mol. The van der Waals surface area contributed by atoms with Gasteiger partial charge in [0.15, 0.2) is 5.65 Å². The normalized spacial score (nSPS) is 15.2. The van der Waals surface area contributed by atoms with E-state index in [1.165, 1.54) is 0 Å². The molecule has 0 unspecified atom stereocenters. The summed E-state index contributed by atoms with van der Waals surface area (Å²) in [6.07, 6.45) is 4.63. The lowest BCUT2D eigenvalue weighted by Gasteiger charge is -2.34. The number of fused-ring (bicyclic) bond motifs is 3. The van der Waals surface area contributed by atoms with Gasteiger partial charge in [-0.3, -0.25) is 4.90 Å². The molecule has 30 heavy (non-hydrogen) atoms. The van der Waals surface area contributed by atoms with E-state index in [9.17, 15) is 0 Å². The van der Waals surface area contributed by atoms with Crippen molar-refractivity contribution in [3.8, 4) is 0 Å². The summed E-state index contributed by atoms with van der Waals surface area (Å²) in [5.41, 5.74) is 1.78. The van der Waals surface area contributed by atoms with Gasteiger partial charge in [0, 0.05) is 50.5 Å². The Morgan fingerprint density at radius 3 is 2.60 bits per heavy atom. The second-order valence-electron chi connectivity index (χ2n) is 7.50. The lowest BCUT2D eigenvalue weighted by atomic mass is 10.2. The molecule has 9 heteroatoms. The molecule has 1 saturated heterocycles. The van der Waals surface area contributed by atoms with Gasteiger partial charge < -0.3 is 10.2 Å². The third-order valence-corrected chi connectivity index (χ3v) is 5.43. The van der Waals surface area contributed by atoms with Crippen LogP contribution in [-0.2, 0) is 0 Å². The van der Waals surface area contributed by atoms with Crippen LogP contribution < -0.4 is 10.2 Å². The Kier molecular flexibility index (Phi) is 5.10. The second-order valence-corrected chi connectivity index (χ2v) is 7.50. The summed E-state index contributed by atoms with van der Waals surface area (Å²) in [4.78, 5) is 22.8. The number of piperazine rings is 1. The van der Waals surface area contributed by atoms with Crippen molar-refractivity contribution in [2.75, 3.05) is 49.5 Å². The summed E-state index contributed by atoms with van der Waals surface area (Å²) < 4.78 is 1.82. The largest absolute Gasteiger partial charge is 0.354 e. The summed E-state index contributed by atoms with van der Waals surface area (Å²) in [5.74, 6) is 2.32. The molecule has 5 rings (SSSR count). The smallest absolute Gasteiger partial charge is 0.226 e. The molecule has 0 amide bonds. The average Bonchev–Trinajstić information content (AvgIpc) is 3.19. The van der Waals surface area contributed by atoms with Gasteiger partial charge in [-0.1, -0.05) is 12.1 Å². The number of nitrogens with one attached hydrogen (secondary N) is 1. The lowest BCUT2D eigenvalue weighted by molar-refractivity contribution is 0.256. The van der Waals surface area contributed by atoms with Crippen LogP contribution in [0.25, 0.3) is 16.6 Å². The molecule has 3 aromatic heterocycles. The summed E-state index contributed by atoms with van der Waals surface area (Å²) in [6, 6.07) is 9.91. The molecular weight excluding hydrogens is 378 g/mol. The fourth-order valence-electron chi connectivity index (χ4n) is 3.90. The number of aryl methyl sites for hydroxylation is 1. The van der Waals surface area contributed by atoms with Crippen LogP contribution in [-0.4, -0.2) is 73.7 Å². The molecular formula is C21H25N9.